The van der Waals surface area contributed by atoms with Gasteiger partial charge in [-0.05, 0) is 52.1 Å². The zero-order chi connectivity index (χ0) is 15.0. The van der Waals surface area contributed by atoms with Crippen molar-refractivity contribution in [1.82, 2.24) is 0 Å². The maximum Gasteiger partial charge on any atom is 0.333 e. The van der Waals surface area contributed by atoms with Crippen molar-refractivity contribution in [3.05, 3.63) is 23.5 Å². The lowest BCUT2D eigenvalue weighted by molar-refractivity contribution is -0.0893. The van der Waals surface area contributed by atoms with Crippen LogP contribution in [0, 0.1) is 5.82 Å². The van der Waals surface area contributed by atoms with Gasteiger partial charge in [0.25, 0.3) is 0 Å². The largest absolute Gasteiger partial charge is 0.493 e. The van der Waals surface area contributed by atoms with Crippen LogP contribution in [0.15, 0.2) is 12.1 Å². The van der Waals surface area contributed by atoms with E-state index in [4.69, 9.17) is 9.39 Å². The van der Waals surface area contributed by atoms with Gasteiger partial charge < -0.3 is 14.5 Å². The van der Waals surface area contributed by atoms with Crippen LogP contribution in [0.4, 0.5) is 4.39 Å². The Balaban J connectivity index is 2.15. The zero-order valence-electron chi connectivity index (χ0n) is 12.5. The summed E-state index contributed by atoms with van der Waals surface area (Å²) < 4.78 is 25.4. The number of halogens is 1. The summed E-state index contributed by atoms with van der Waals surface area (Å²) >= 11 is 0. The fourth-order valence-electron chi connectivity index (χ4n) is 1.87. The van der Waals surface area contributed by atoms with Crippen molar-refractivity contribution in [2.75, 3.05) is 6.61 Å². The Bertz CT molecular complexity index is 495. The summed E-state index contributed by atoms with van der Waals surface area (Å²) in [4.78, 5) is 0. The second kappa shape index (κ2) is 5.37. The SMILES string of the molecule is CC(C)(O)C(C)(C)O[B]c1ccc2c(c1F)CCCO2. The molecule has 0 aromatic heterocycles. The third-order valence-corrected chi connectivity index (χ3v) is 4.01. The predicted octanol–water partition coefficient (Wildman–Crippen LogP) is 1.96. The zero-order valence-corrected chi connectivity index (χ0v) is 12.5. The maximum atomic E-state index is 14.4. The molecule has 0 spiro atoms. The van der Waals surface area contributed by atoms with Crippen LogP contribution in [0.5, 0.6) is 5.75 Å². The van der Waals surface area contributed by atoms with Gasteiger partial charge in [-0.2, -0.15) is 0 Å². The van der Waals surface area contributed by atoms with Crippen LogP contribution in [0.2, 0.25) is 0 Å². The molecule has 0 bridgehead atoms. The quantitative estimate of drug-likeness (QED) is 0.856. The number of benzene rings is 1. The number of aliphatic hydroxyl groups is 1. The third kappa shape index (κ3) is 2.99. The molecule has 0 fully saturated rings. The summed E-state index contributed by atoms with van der Waals surface area (Å²) in [7, 11) is 1.38. The van der Waals surface area contributed by atoms with Crippen LogP contribution in [0.3, 0.4) is 0 Å². The minimum atomic E-state index is -1.03. The monoisotopic (exact) mass is 279 g/mol. The highest BCUT2D eigenvalue weighted by molar-refractivity contribution is 6.47. The number of fused-ring (bicyclic) bond motifs is 1. The molecule has 109 valence electrons. The molecule has 0 atom stereocenters. The Morgan fingerprint density at radius 3 is 2.65 bits per heavy atom. The molecule has 1 heterocycles. The molecule has 1 aromatic rings. The van der Waals surface area contributed by atoms with Gasteiger partial charge >= 0.3 is 7.48 Å². The van der Waals surface area contributed by atoms with E-state index in [0.717, 1.165) is 6.42 Å². The van der Waals surface area contributed by atoms with E-state index >= 15 is 0 Å². The minimum Gasteiger partial charge on any atom is -0.493 e. The molecule has 1 aliphatic rings. The number of ether oxygens (including phenoxy) is 1. The molecule has 1 aliphatic heterocycles. The third-order valence-electron chi connectivity index (χ3n) is 4.01. The van der Waals surface area contributed by atoms with Crippen LogP contribution in [-0.2, 0) is 11.1 Å². The van der Waals surface area contributed by atoms with E-state index in [-0.39, 0.29) is 5.82 Å². The molecule has 2 rings (SSSR count). The van der Waals surface area contributed by atoms with Gasteiger partial charge in [-0.25, -0.2) is 4.39 Å². The Labute approximate surface area is 120 Å². The molecule has 0 amide bonds. The van der Waals surface area contributed by atoms with Gasteiger partial charge in [0.05, 0.1) is 17.8 Å². The second-order valence-corrected chi connectivity index (χ2v) is 6.20. The average Bonchev–Trinajstić information content (AvgIpc) is 2.37. The number of hydrogen-bond donors (Lipinski definition) is 1. The fraction of sp³-hybridized carbons (Fsp3) is 0.600. The maximum absolute atomic E-state index is 14.4. The van der Waals surface area contributed by atoms with Crippen molar-refractivity contribution < 1.29 is 18.9 Å². The molecule has 1 radical (unpaired) electrons. The van der Waals surface area contributed by atoms with E-state index in [1.54, 1.807) is 39.8 Å². The predicted molar refractivity (Wildman–Crippen MR) is 77.1 cm³/mol. The van der Waals surface area contributed by atoms with Crippen LogP contribution in [0.1, 0.15) is 39.7 Å². The van der Waals surface area contributed by atoms with Crippen LogP contribution in [0.25, 0.3) is 0 Å². The average molecular weight is 279 g/mol. The van der Waals surface area contributed by atoms with Crippen molar-refractivity contribution in [2.45, 2.75) is 51.7 Å². The van der Waals surface area contributed by atoms with Crippen molar-refractivity contribution in [2.24, 2.45) is 0 Å². The molecule has 0 saturated heterocycles. The lowest BCUT2D eigenvalue weighted by Crippen LogP contribution is -2.49. The molecule has 0 saturated carbocycles. The molecule has 3 nitrogen and oxygen atoms in total. The number of rotatable bonds is 4. The first kappa shape index (κ1) is 15.3. The first-order valence-corrected chi connectivity index (χ1v) is 6.90. The lowest BCUT2D eigenvalue weighted by atomic mass is 9.81. The molecule has 5 heteroatoms. The molecule has 0 aliphatic carbocycles. The van der Waals surface area contributed by atoms with E-state index in [9.17, 15) is 9.50 Å². The highest BCUT2D eigenvalue weighted by Crippen LogP contribution is 2.27. The normalized spacial score (nSPS) is 15.5. The van der Waals surface area contributed by atoms with E-state index in [1.807, 2.05) is 0 Å². The summed E-state index contributed by atoms with van der Waals surface area (Å²) in [5.74, 6) is 0.321. The van der Waals surface area contributed by atoms with Gasteiger partial charge in [0, 0.05) is 5.56 Å². The Morgan fingerprint density at radius 2 is 2.00 bits per heavy atom. The standard InChI is InChI=1S/C15H21BFO3/c1-14(2,18)15(3,4)20-16-11-7-8-12-10(13(11)17)6-5-9-19-12/h7-8,18H,5-6,9H2,1-4H3. The van der Waals surface area contributed by atoms with E-state index in [0.29, 0.717) is 29.8 Å². The van der Waals surface area contributed by atoms with Gasteiger partial charge in [-0.1, -0.05) is 6.07 Å². The minimum absolute atomic E-state index is 0.297. The van der Waals surface area contributed by atoms with Gasteiger partial charge in [0.1, 0.15) is 11.6 Å². The van der Waals surface area contributed by atoms with Crippen molar-refractivity contribution in [3.63, 3.8) is 0 Å². The summed E-state index contributed by atoms with van der Waals surface area (Å²) in [6.45, 7) is 7.50. The van der Waals surface area contributed by atoms with Gasteiger partial charge in [-0.3, -0.25) is 0 Å². The van der Waals surface area contributed by atoms with Crippen LogP contribution < -0.4 is 10.2 Å². The fourth-order valence-corrected chi connectivity index (χ4v) is 1.87. The Hall–Kier alpha value is -1.07. The summed E-state index contributed by atoms with van der Waals surface area (Å²) in [6.07, 6.45) is 1.50. The highest BCUT2D eigenvalue weighted by atomic mass is 19.1. The molecule has 20 heavy (non-hydrogen) atoms. The van der Waals surface area contributed by atoms with Gasteiger partial charge in [0.15, 0.2) is 0 Å². The molecular formula is C15H21BFO3. The van der Waals surface area contributed by atoms with E-state index in [1.165, 1.54) is 7.48 Å². The summed E-state index contributed by atoms with van der Waals surface area (Å²) in [5, 5.41) is 10.0. The van der Waals surface area contributed by atoms with Gasteiger partial charge in [0.2, 0.25) is 0 Å². The molecule has 0 unspecified atom stereocenters. The van der Waals surface area contributed by atoms with Crippen molar-refractivity contribution in [1.29, 1.82) is 0 Å². The topological polar surface area (TPSA) is 38.7 Å². The smallest absolute Gasteiger partial charge is 0.333 e. The lowest BCUT2D eigenvalue weighted by Gasteiger charge is -2.37. The molecule has 1 aromatic carbocycles. The summed E-state index contributed by atoms with van der Waals surface area (Å²) in [6, 6.07) is 3.41. The van der Waals surface area contributed by atoms with Gasteiger partial charge in [-0.15, -0.1) is 0 Å². The van der Waals surface area contributed by atoms with E-state index < -0.39 is 11.2 Å². The highest BCUT2D eigenvalue weighted by Gasteiger charge is 2.36. The first-order chi connectivity index (χ1) is 9.22. The van der Waals surface area contributed by atoms with Crippen molar-refractivity contribution >= 4 is 12.9 Å². The second-order valence-electron chi connectivity index (χ2n) is 6.20. The van der Waals surface area contributed by atoms with Crippen LogP contribution >= 0.6 is 0 Å². The first-order valence-electron chi connectivity index (χ1n) is 6.90. The molecule has 1 N–H and O–H groups in total. The summed E-state index contributed by atoms with van der Waals surface area (Å²) in [5.41, 5.74) is -0.857. The number of hydrogen-bond acceptors (Lipinski definition) is 3. The van der Waals surface area contributed by atoms with Crippen molar-refractivity contribution in [3.8, 4) is 5.75 Å². The Kier molecular flexibility index (Phi) is 4.12. The van der Waals surface area contributed by atoms with Crippen LogP contribution in [-0.4, -0.2) is 30.4 Å². The Morgan fingerprint density at radius 1 is 1.30 bits per heavy atom. The van der Waals surface area contributed by atoms with E-state index in [2.05, 4.69) is 0 Å². The molecular weight excluding hydrogens is 258 g/mol.